The molecule has 4 N–H and O–H groups in total. The van der Waals surface area contributed by atoms with Gasteiger partial charge in [0.1, 0.15) is 6.04 Å². The van der Waals surface area contributed by atoms with Gasteiger partial charge in [-0.1, -0.05) is 6.07 Å². The summed E-state index contributed by atoms with van der Waals surface area (Å²) in [6.07, 6.45) is 0. The quantitative estimate of drug-likeness (QED) is 0.596. The van der Waals surface area contributed by atoms with Gasteiger partial charge in [0.25, 0.3) is 5.91 Å². The summed E-state index contributed by atoms with van der Waals surface area (Å²) in [7, 11) is 1.56. The van der Waals surface area contributed by atoms with Gasteiger partial charge < -0.3 is 16.0 Å². The summed E-state index contributed by atoms with van der Waals surface area (Å²) in [6, 6.07) is 4.67. The van der Waals surface area contributed by atoms with Crippen LogP contribution in [0.15, 0.2) is 18.2 Å². The highest BCUT2D eigenvalue weighted by Gasteiger charge is 2.24. The van der Waals surface area contributed by atoms with Crippen LogP contribution in [0.5, 0.6) is 0 Å². The minimum atomic E-state index is -0.481. The van der Waals surface area contributed by atoms with E-state index in [-0.39, 0.29) is 30.8 Å². The number of hydrogen-bond acceptors (Lipinski definition) is 4. The lowest BCUT2D eigenvalue weighted by Gasteiger charge is -2.23. The maximum atomic E-state index is 12.2. The fourth-order valence-electron chi connectivity index (χ4n) is 2.12. The van der Waals surface area contributed by atoms with E-state index in [2.05, 4.69) is 21.3 Å². The van der Waals surface area contributed by atoms with Crippen LogP contribution in [-0.4, -0.2) is 43.9 Å². The zero-order valence-corrected chi connectivity index (χ0v) is 11.9. The zero-order valence-electron chi connectivity index (χ0n) is 11.9. The molecule has 7 nitrogen and oxygen atoms in total. The van der Waals surface area contributed by atoms with Crippen molar-refractivity contribution in [2.24, 2.45) is 0 Å². The van der Waals surface area contributed by atoms with Crippen LogP contribution < -0.4 is 21.3 Å². The van der Waals surface area contributed by atoms with Gasteiger partial charge in [0.05, 0.1) is 6.54 Å². The van der Waals surface area contributed by atoms with Crippen LogP contribution in [-0.2, 0) is 9.59 Å². The monoisotopic (exact) mass is 290 g/mol. The second kappa shape index (κ2) is 6.36. The number of nitrogens with one attached hydrogen (secondary N) is 4. The van der Waals surface area contributed by atoms with Gasteiger partial charge in [0.2, 0.25) is 11.8 Å². The molecule has 3 amide bonds. The number of carbonyl (C=O) groups excluding carboxylic acids is 3. The van der Waals surface area contributed by atoms with Gasteiger partial charge in [-0.05, 0) is 24.6 Å². The Labute approximate surface area is 122 Å². The molecule has 1 atom stereocenters. The molecule has 2 rings (SSSR count). The Bertz CT molecular complexity index is 576. The molecule has 1 unspecified atom stereocenters. The Kier molecular flexibility index (Phi) is 4.54. The molecule has 1 fully saturated rings. The van der Waals surface area contributed by atoms with Gasteiger partial charge in [-0.2, -0.15) is 0 Å². The van der Waals surface area contributed by atoms with Gasteiger partial charge in [0.15, 0.2) is 0 Å². The molecule has 0 bridgehead atoms. The molecule has 0 saturated carbocycles. The van der Waals surface area contributed by atoms with Crippen LogP contribution in [0.25, 0.3) is 0 Å². The minimum absolute atomic E-state index is 0.120. The molecule has 7 heteroatoms. The normalized spacial score (nSPS) is 17.8. The Morgan fingerprint density at radius 1 is 1.33 bits per heavy atom. The van der Waals surface area contributed by atoms with E-state index < -0.39 is 6.04 Å². The van der Waals surface area contributed by atoms with E-state index in [0.717, 1.165) is 0 Å². The highest BCUT2D eigenvalue weighted by molar-refractivity contribution is 6.01. The Hall–Kier alpha value is -2.41. The summed E-state index contributed by atoms with van der Waals surface area (Å²) in [6.45, 7) is 2.14. The van der Waals surface area contributed by atoms with Crippen molar-refractivity contribution in [1.82, 2.24) is 16.0 Å². The number of anilines is 1. The summed E-state index contributed by atoms with van der Waals surface area (Å²) in [5.74, 6) is -0.573. The molecule has 1 aromatic carbocycles. The summed E-state index contributed by atoms with van der Waals surface area (Å²) in [5.41, 5.74) is 1.80. The van der Waals surface area contributed by atoms with Crippen molar-refractivity contribution in [1.29, 1.82) is 0 Å². The summed E-state index contributed by atoms with van der Waals surface area (Å²) >= 11 is 0. The molecule has 112 valence electrons. The number of benzene rings is 1. The Balaban J connectivity index is 2.11. The van der Waals surface area contributed by atoms with E-state index in [1.165, 1.54) is 0 Å². The lowest BCUT2D eigenvalue weighted by Crippen LogP contribution is -2.56. The smallest absolute Gasteiger partial charge is 0.251 e. The lowest BCUT2D eigenvalue weighted by atomic mass is 10.1. The number of hydrogen-bond donors (Lipinski definition) is 4. The lowest BCUT2D eigenvalue weighted by molar-refractivity contribution is -0.124. The largest absolute Gasteiger partial charge is 0.355 e. The SMILES string of the molecule is CNC(=O)c1cccc(NC(=O)C2CNC(=O)CN2)c1C. The van der Waals surface area contributed by atoms with Gasteiger partial charge >= 0.3 is 0 Å². The van der Waals surface area contributed by atoms with E-state index in [1.54, 1.807) is 32.2 Å². The van der Waals surface area contributed by atoms with Crippen LogP contribution in [0.1, 0.15) is 15.9 Å². The molecule has 0 aliphatic carbocycles. The first-order valence-electron chi connectivity index (χ1n) is 6.65. The summed E-state index contributed by atoms with van der Waals surface area (Å²) < 4.78 is 0. The number of rotatable bonds is 3. The standard InChI is InChI=1S/C14H18N4O3/c1-8-9(13(20)15-2)4-3-5-10(8)18-14(21)11-6-17-12(19)7-16-11/h3-5,11,16H,6-7H2,1-2H3,(H,15,20)(H,17,19)(H,18,21). The predicted octanol–water partition coefficient (Wildman–Crippen LogP) is -0.619. The third-order valence-electron chi connectivity index (χ3n) is 3.39. The maximum absolute atomic E-state index is 12.2. The first-order valence-corrected chi connectivity index (χ1v) is 6.65. The zero-order chi connectivity index (χ0) is 15.4. The molecule has 0 radical (unpaired) electrons. The predicted molar refractivity (Wildman–Crippen MR) is 78.0 cm³/mol. The molecule has 1 heterocycles. The van der Waals surface area contributed by atoms with Gasteiger partial charge in [-0.25, -0.2) is 0 Å². The van der Waals surface area contributed by atoms with Crippen molar-refractivity contribution < 1.29 is 14.4 Å². The third kappa shape index (κ3) is 3.38. The van der Waals surface area contributed by atoms with Gasteiger partial charge in [-0.15, -0.1) is 0 Å². The Morgan fingerprint density at radius 2 is 2.10 bits per heavy atom. The average molecular weight is 290 g/mol. The van der Waals surface area contributed by atoms with E-state index in [9.17, 15) is 14.4 Å². The first kappa shape index (κ1) is 15.0. The third-order valence-corrected chi connectivity index (χ3v) is 3.39. The maximum Gasteiger partial charge on any atom is 0.251 e. The van der Waals surface area contributed by atoms with Gasteiger partial charge in [-0.3, -0.25) is 19.7 Å². The van der Waals surface area contributed by atoms with Crippen molar-refractivity contribution in [3.8, 4) is 0 Å². The van der Waals surface area contributed by atoms with Crippen molar-refractivity contribution in [2.75, 3.05) is 25.5 Å². The summed E-state index contributed by atoms with van der Waals surface area (Å²) in [5, 5.41) is 10.8. The van der Waals surface area contributed by atoms with Crippen LogP contribution in [0.4, 0.5) is 5.69 Å². The van der Waals surface area contributed by atoms with Crippen LogP contribution in [0.3, 0.4) is 0 Å². The van der Waals surface area contributed by atoms with E-state index >= 15 is 0 Å². The first-order chi connectivity index (χ1) is 10.0. The fraction of sp³-hybridized carbons (Fsp3) is 0.357. The molecule has 21 heavy (non-hydrogen) atoms. The van der Waals surface area contributed by atoms with Crippen LogP contribution in [0.2, 0.25) is 0 Å². The molecule has 1 saturated heterocycles. The van der Waals surface area contributed by atoms with E-state index in [1.807, 2.05) is 0 Å². The van der Waals surface area contributed by atoms with Crippen molar-refractivity contribution >= 4 is 23.4 Å². The molecule has 0 spiro atoms. The number of piperazine rings is 1. The van der Waals surface area contributed by atoms with E-state index in [4.69, 9.17) is 0 Å². The Morgan fingerprint density at radius 3 is 2.71 bits per heavy atom. The van der Waals surface area contributed by atoms with Crippen molar-refractivity contribution in [3.05, 3.63) is 29.3 Å². The van der Waals surface area contributed by atoms with E-state index in [0.29, 0.717) is 16.8 Å². The second-order valence-electron chi connectivity index (χ2n) is 4.78. The number of carbonyl (C=O) groups is 3. The number of amides is 3. The van der Waals surface area contributed by atoms with Crippen molar-refractivity contribution in [3.63, 3.8) is 0 Å². The van der Waals surface area contributed by atoms with Crippen LogP contribution in [0, 0.1) is 6.92 Å². The van der Waals surface area contributed by atoms with Gasteiger partial charge in [0, 0.05) is 24.8 Å². The molecule has 1 aromatic rings. The average Bonchev–Trinajstić information content (AvgIpc) is 2.49. The van der Waals surface area contributed by atoms with Crippen molar-refractivity contribution in [2.45, 2.75) is 13.0 Å². The second-order valence-corrected chi connectivity index (χ2v) is 4.78. The minimum Gasteiger partial charge on any atom is -0.355 e. The molecule has 0 aromatic heterocycles. The molecule has 1 aliphatic heterocycles. The topological polar surface area (TPSA) is 99.3 Å². The highest BCUT2D eigenvalue weighted by atomic mass is 16.2. The molecular formula is C14H18N4O3. The summed E-state index contributed by atoms with van der Waals surface area (Å²) in [4.78, 5) is 34.9. The molecular weight excluding hydrogens is 272 g/mol. The van der Waals surface area contributed by atoms with Crippen LogP contribution >= 0.6 is 0 Å². The highest BCUT2D eigenvalue weighted by Crippen LogP contribution is 2.19. The fourth-order valence-corrected chi connectivity index (χ4v) is 2.12. The molecule has 1 aliphatic rings.